The van der Waals surface area contributed by atoms with Crippen molar-refractivity contribution in [3.05, 3.63) is 24.3 Å². The lowest BCUT2D eigenvalue weighted by atomic mass is 9.97. The first-order chi connectivity index (χ1) is 8.86. The number of aromatic nitrogens is 2. The summed E-state index contributed by atoms with van der Waals surface area (Å²) in [6, 6.07) is 8.03. The molecular weight excluding hydrogens is 226 g/mol. The molecule has 1 fully saturated rings. The van der Waals surface area contributed by atoms with E-state index in [4.69, 9.17) is 0 Å². The largest absolute Gasteiger partial charge is 0.396 e. The third-order valence-corrected chi connectivity index (χ3v) is 3.97. The lowest BCUT2D eigenvalue weighted by Crippen LogP contribution is -2.21. The highest BCUT2D eigenvalue weighted by molar-refractivity contribution is 5.77. The van der Waals surface area contributed by atoms with Gasteiger partial charge in [-0.05, 0) is 36.8 Å². The zero-order chi connectivity index (χ0) is 12.4. The van der Waals surface area contributed by atoms with Crippen LogP contribution in [0.4, 0.5) is 5.95 Å². The molecule has 2 unspecified atom stereocenters. The van der Waals surface area contributed by atoms with Crippen molar-refractivity contribution in [2.75, 3.05) is 18.5 Å². The van der Waals surface area contributed by atoms with Crippen molar-refractivity contribution >= 4 is 17.0 Å². The second kappa shape index (κ2) is 4.98. The Labute approximate surface area is 106 Å². The Morgan fingerprint density at radius 3 is 2.94 bits per heavy atom. The van der Waals surface area contributed by atoms with Crippen molar-refractivity contribution in [1.29, 1.82) is 0 Å². The summed E-state index contributed by atoms with van der Waals surface area (Å²) in [4.78, 5) is 7.76. The summed E-state index contributed by atoms with van der Waals surface area (Å²) in [6.07, 6.45) is 3.60. The number of nitrogens with one attached hydrogen (secondary N) is 2. The third-order valence-electron chi connectivity index (χ3n) is 3.97. The van der Waals surface area contributed by atoms with Crippen LogP contribution < -0.4 is 5.32 Å². The number of hydrogen-bond donors (Lipinski definition) is 3. The minimum atomic E-state index is 0.312. The van der Waals surface area contributed by atoms with Crippen LogP contribution in [0.2, 0.25) is 0 Å². The van der Waals surface area contributed by atoms with E-state index in [1.54, 1.807) is 0 Å². The zero-order valence-electron chi connectivity index (χ0n) is 10.4. The molecule has 0 spiro atoms. The minimum Gasteiger partial charge on any atom is -0.396 e. The molecule has 18 heavy (non-hydrogen) atoms. The molecule has 96 valence electrons. The molecule has 0 saturated heterocycles. The van der Waals surface area contributed by atoms with Crippen LogP contribution in [0.5, 0.6) is 0 Å². The van der Waals surface area contributed by atoms with E-state index in [1.807, 2.05) is 24.3 Å². The Hall–Kier alpha value is -1.55. The number of aliphatic hydroxyl groups excluding tert-OH is 1. The van der Waals surface area contributed by atoms with Crippen LogP contribution in [0.1, 0.15) is 19.3 Å². The van der Waals surface area contributed by atoms with Gasteiger partial charge in [0.25, 0.3) is 0 Å². The predicted octanol–water partition coefficient (Wildman–Crippen LogP) is 2.38. The van der Waals surface area contributed by atoms with E-state index in [2.05, 4.69) is 15.3 Å². The summed E-state index contributed by atoms with van der Waals surface area (Å²) >= 11 is 0. The standard InChI is InChI=1S/C14H19N3O/c18-9-11-5-3-4-10(11)8-15-14-16-12-6-1-2-7-13(12)17-14/h1-2,6-7,10-11,18H,3-5,8-9H2,(H2,15,16,17). The number of imidazole rings is 1. The number of nitrogens with zero attached hydrogens (tertiary/aromatic N) is 1. The molecular formula is C14H19N3O. The molecule has 1 aliphatic carbocycles. The van der Waals surface area contributed by atoms with Gasteiger partial charge in [-0.1, -0.05) is 18.6 Å². The Morgan fingerprint density at radius 2 is 2.11 bits per heavy atom. The fourth-order valence-electron chi connectivity index (χ4n) is 2.89. The van der Waals surface area contributed by atoms with Crippen LogP contribution in [0.25, 0.3) is 11.0 Å². The summed E-state index contributed by atoms with van der Waals surface area (Å²) in [7, 11) is 0. The molecule has 1 aromatic heterocycles. The summed E-state index contributed by atoms with van der Waals surface area (Å²) in [5.41, 5.74) is 2.05. The van der Waals surface area contributed by atoms with Gasteiger partial charge in [-0.25, -0.2) is 4.98 Å². The van der Waals surface area contributed by atoms with Crippen LogP contribution in [0.15, 0.2) is 24.3 Å². The molecule has 2 atom stereocenters. The fraction of sp³-hybridized carbons (Fsp3) is 0.500. The van der Waals surface area contributed by atoms with Crippen molar-refractivity contribution in [3.63, 3.8) is 0 Å². The number of hydrogen-bond acceptors (Lipinski definition) is 3. The van der Waals surface area contributed by atoms with Gasteiger partial charge in [-0.2, -0.15) is 0 Å². The number of anilines is 1. The molecule has 0 aliphatic heterocycles. The smallest absolute Gasteiger partial charge is 0.201 e. The topological polar surface area (TPSA) is 60.9 Å². The number of rotatable bonds is 4. The SMILES string of the molecule is OCC1CCCC1CNc1nc2ccccc2[nH]1. The summed E-state index contributed by atoms with van der Waals surface area (Å²) in [5, 5.41) is 12.7. The molecule has 3 rings (SSSR count). The highest BCUT2D eigenvalue weighted by atomic mass is 16.3. The highest BCUT2D eigenvalue weighted by Gasteiger charge is 2.26. The molecule has 4 heteroatoms. The van der Waals surface area contributed by atoms with Crippen LogP contribution in [-0.4, -0.2) is 28.2 Å². The van der Waals surface area contributed by atoms with E-state index in [-0.39, 0.29) is 0 Å². The molecule has 1 aromatic carbocycles. The Kier molecular flexibility index (Phi) is 3.19. The van der Waals surface area contributed by atoms with Gasteiger partial charge in [-0.15, -0.1) is 0 Å². The first-order valence-corrected chi connectivity index (χ1v) is 6.66. The third kappa shape index (κ3) is 2.20. The Bertz CT molecular complexity index is 489. The second-order valence-electron chi connectivity index (χ2n) is 5.12. The van der Waals surface area contributed by atoms with E-state index in [1.165, 1.54) is 12.8 Å². The maximum Gasteiger partial charge on any atom is 0.201 e. The number of para-hydroxylation sites is 2. The van der Waals surface area contributed by atoms with Gasteiger partial charge < -0.3 is 15.4 Å². The van der Waals surface area contributed by atoms with Crippen molar-refractivity contribution < 1.29 is 5.11 Å². The maximum atomic E-state index is 9.30. The van der Waals surface area contributed by atoms with Gasteiger partial charge in [0.1, 0.15) is 0 Å². The van der Waals surface area contributed by atoms with E-state index in [0.29, 0.717) is 18.4 Å². The maximum absolute atomic E-state index is 9.30. The van der Waals surface area contributed by atoms with Gasteiger partial charge in [0.05, 0.1) is 11.0 Å². The first-order valence-electron chi connectivity index (χ1n) is 6.66. The molecule has 1 aliphatic rings. The van der Waals surface area contributed by atoms with Gasteiger partial charge in [-0.3, -0.25) is 0 Å². The molecule has 3 N–H and O–H groups in total. The number of benzene rings is 1. The monoisotopic (exact) mass is 245 g/mol. The summed E-state index contributed by atoms with van der Waals surface area (Å²) in [5.74, 6) is 1.87. The molecule has 1 saturated carbocycles. The first kappa shape index (κ1) is 11.5. The number of H-pyrrole nitrogens is 1. The molecule has 0 amide bonds. The average molecular weight is 245 g/mol. The fourth-order valence-corrected chi connectivity index (χ4v) is 2.89. The van der Waals surface area contributed by atoms with E-state index in [9.17, 15) is 5.11 Å². The summed E-state index contributed by atoms with van der Waals surface area (Å²) in [6.45, 7) is 1.21. The van der Waals surface area contributed by atoms with Gasteiger partial charge in [0.15, 0.2) is 0 Å². The number of fused-ring (bicyclic) bond motifs is 1. The average Bonchev–Trinajstić information content (AvgIpc) is 3.01. The quantitative estimate of drug-likeness (QED) is 0.775. The van der Waals surface area contributed by atoms with Crippen LogP contribution in [-0.2, 0) is 0 Å². The van der Waals surface area contributed by atoms with E-state index >= 15 is 0 Å². The number of aliphatic hydroxyl groups is 1. The van der Waals surface area contributed by atoms with Crippen molar-refractivity contribution in [2.24, 2.45) is 11.8 Å². The zero-order valence-corrected chi connectivity index (χ0v) is 10.4. The minimum absolute atomic E-state index is 0.312. The van der Waals surface area contributed by atoms with Crippen LogP contribution in [0, 0.1) is 11.8 Å². The number of aromatic amines is 1. The lowest BCUT2D eigenvalue weighted by molar-refractivity contribution is 0.199. The predicted molar refractivity (Wildman–Crippen MR) is 72.5 cm³/mol. The van der Waals surface area contributed by atoms with Gasteiger partial charge in [0.2, 0.25) is 5.95 Å². The molecule has 2 aromatic rings. The molecule has 0 radical (unpaired) electrons. The lowest BCUT2D eigenvalue weighted by Gasteiger charge is -2.17. The Balaban J connectivity index is 1.66. The molecule has 1 heterocycles. The summed E-state index contributed by atoms with van der Waals surface area (Å²) < 4.78 is 0. The second-order valence-corrected chi connectivity index (χ2v) is 5.12. The van der Waals surface area contributed by atoms with Gasteiger partial charge >= 0.3 is 0 Å². The van der Waals surface area contributed by atoms with Crippen molar-refractivity contribution in [2.45, 2.75) is 19.3 Å². The van der Waals surface area contributed by atoms with E-state index in [0.717, 1.165) is 29.9 Å². The van der Waals surface area contributed by atoms with Crippen LogP contribution >= 0.6 is 0 Å². The highest BCUT2D eigenvalue weighted by Crippen LogP contribution is 2.31. The molecule has 4 nitrogen and oxygen atoms in total. The van der Waals surface area contributed by atoms with Crippen molar-refractivity contribution in [1.82, 2.24) is 9.97 Å². The molecule has 0 bridgehead atoms. The van der Waals surface area contributed by atoms with Crippen LogP contribution in [0.3, 0.4) is 0 Å². The normalized spacial score (nSPS) is 23.6. The van der Waals surface area contributed by atoms with Gasteiger partial charge in [0, 0.05) is 13.2 Å². The van der Waals surface area contributed by atoms with E-state index < -0.39 is 0 Å². The van der Waals surface area contributed by atoms with Crippen molar-refractivity contribution in [3.8, 4) is 0 Å². The Morgan fingerprint density at radius 1 is 1.28 bits per heavy atom.